The quantitative estimate of drug-likeness (QED) is 0.148. The third-order valence-electron chi connectivity index (χ3n) is 6.63. The first-order valence-corrected chi connectivity index (χ1v) is 14.2. The maximum absolute atomic E-state index is 11.9. The Morgan fingerprint density at radius 1 is 0.657 bits per heavy atom. The smallest absolute Gasteiger partial charge is 0.306 e. The highest BCUT2D eigenvalue weighted by atomic mass is 16.5. The molecule has 0 aliphatic rings. The summed E-state index contributed by atoms with van der Waals surface area (Å²) in [6.45, 7) is 7.08. The lowest BCUT2D eigenvalue weighted by Gasteiger charge is -2.14. The summed E-state index contributed by atoms with van der Waals surface area (Å²) in [4.78, 5) is 11.9. The lowest BCUT2D eigenvalue weighted by molar-refractivity contribution is -0.148. The molecule has 0 N–H and O–H groups in total. The number of hydrogen-bond acceptors (Lipinski definition) is 3. The Hall–Kier alpha value is -2.29. The summed E-state index contributed by atoms with van der Waals surface area (Å²) in [6.07, 6.45) is 17.0. The number of rotatable bonds is 19. The van der Waals surface area contributed by atoms with Crippen LogP contribution in [0.3, 0.4) is 0 Å². The molecule has 0 radical (unpaired) electrons. The fourth-order valence-corrected chi connectivity index (χ4v) is 4.29. The highest BCUT2D eigenvalue weighted by molar-refractivity contribution is 5.69. The van der Waals surface area contributed by atoms with Gasteiger partial charge in [-0.25, -0.2) is 0 Å². The number of carbonyl (C=O) groups excluding carboxylic acids is 1. The second-order valence-electron chi connectivity index (χ2n) is 9.77. The highest BCUT2D eigenvalue weighted by Gasteiger charge is 2.11. The van der Waals surface area contributed by atoms with Gasteiger partial charge in [-0.05, 0) is 48.6 Å². The number of ether oxygens (including phenoxy) is 2. The van der Waals surface area contributed by atoms with Gasteiger partial charge in [-0.15, -0.1) is 0 Å². The van der Waals surface area contributed by atoms with Crippen LogP contribution in [0.5, 0.6) is 5.75 Å². The molecule has 0 aromatic heterocycles. The van der Waals surface area contributed by atoms with Crippen molar-refractivity contribution >= 4 is 5.97 Å². The average molecular weight is 481 g/mol. The van der Waals surface area contributed by atoms with Gasteiger partial charge >= 0.3 is 5.97 Å². The largest absolute Gasteiger partial charge is 0.494 e. The van der Waals surface area contributed by atoms with Crippen LogP contribution in [-0.2, 0) is 9.53 Å². The van der Waals surface area contributed by atoms with Crippen molar-refractivity contribution in [3.63, 3.8) is 0 Å². The molecule has 0 spiro atoms. The number of benzene rings is 2. The molecular weight excluding hydrogens is 432 g/mol. The van der Waals surface area contributed by atoms with Crippen molar-refractivity contribution < 1.29 is 14.3 Å². The third-order valence-corrected chi connectivity index (χ3v) is 6.63. The molecule has 2 aromatic rings. The van der Waals surface area contributed by atoms with Gasteiger partial charge in [-0.1, -0.05) is 121 Å². The SMILES string of the molecule is CCCCCCCCCCCCCOc1ccc(-c2ccc(C(C)OC(=O)CCCC)cc2)cc1. The molecule has 2 aromatic carbocycles. The van der Waals surface area contributed by atoms with Gasteiger partial charge in [0, 0.05) is 6.42 Å². The van der Waals surface area contributed by atoms with Crippen molar-refractivity contribution in [2.45, 2.75) is 117 Å². The van der Waals surface area contributed by atoms with E-state index in [4.69, 9.17) is 9.47 Å². The lowest BCUT2D eigenvalue weighted by Crippen LogP contribution is -2.08. The molecule has 1 unspecified atom stereocenters. The fraction of sp³-hybridized carbons (Fsp3) is 0.594. The van der Waals surface area contributed by atoms with Crippen LogP contribution >= 0.6 is 0 Å². The van der Waals surface area contributed by atoms with E-state index < -0.39 is 0 Å². The van der Waals surface area contributed by atoms with Crippen molar-refractivity contribution in [2.24, 2.45) is 0 Å². The van der Waals surface area contributed by atoms with Gasteiger partial charge in [0.15, 0.2) is 0 Å². The zero-order valence-electron chi connectivity index (χ0n) is 22.5. The van der Waals surface area contributed by atoms with Crippen LogP contribution in [0.1, 0.15) is 122 Å². The van der Waals surface area contributed by atoms with Crippen LogP contribution < -0.4 is 4.74 Å². The van der Waals surface area contributed by atoms with Gasteiger partial charge in [0.25, 0.3) is 0 Å². The van der Waals surface area contributed by atoms with Crippen molar-refractivity contribution in [1.82, 2.24) is 0 Å². The molecule has 1 atom stereocenters. The Balaban J connectivity index is 1.62. The summed E-state index contributed by atoms with van der Waals surface area (Å²) in [5.41, 5.74) is 3.33. The molecule has 0 fully saturated rings. The zero-order valence-corrected chi connectivity index (χ0v) is 22.5. The van der Waals surface area contributed by atoms with Crippen molar-refractivity contribution in [1.29, 1.82) is 0 Å². The van der Waals surface area contributed by atoms with Gasteiger partial charge in [-0.2, -0.15) is 0 Å². The van der Waals surface area contributed by atoms with Crippen LogP contribution in [0, 0.1) is 0 Å². The standard InChI is InChI=1S/C32H48O3/c1-4-6-8-9-10-11-12-13-14-15-16-26-34-31-24-22-30(23-25-31)29-20-18-28(19-21-29)27(3)35-32(33)17-7-5-2/h18-25,27H,4-17,26H2,1-3H3. The molecule has 0 saturated heterocycles. The molecule has 2 rings (SSSR count). The Bertz CT molecular complexity index is 795. The summed E-state index contributed by atoms with van der Waals surface area (Å²) in [5.74, 6) is 0.817. The van der Waals surface area contributed by atoms with Gasteiger partial charge in [0.05, 0.1) is 6.61 Å². The van der Waals surface area contributed by atoms with Crippen LogP contribution in [0.25, 0.3) is 11.1 Å². The molecule has 0 bridgehead atoms. The van der Waals surface area contributed by atoms with Crippen molar-refractivity contribution in [3.8, 4) is 16.9 Å². The van der Waals surface area contributed by atoms with E-state index in [1.807, 2.05) is 19.1 Å². The third kappa shape index (κ3) is 12.3. The van der Waals surface area contributed by atoms with Gasteiger partial charge in [-0.3, -0.25) is 4.79 Å². The average Bonchev–Trinajstić information content (AvgIpc) is 2.88. The Morgan fingerprint density at radius 3 is 1.69 bits per heavy atom. The van der Waals surface area contributed by atoms with Gasteiger partial charge < -0.3 is 9.47 Å². The molecule has 3 nitrogen and oxygen atoms in total. The van der Waals surface area contributed by atoms with E-state index in [-0.39, 0.29) is 12.1 Å². The minimum atomic E-state index is -0.222. The summed E-state index contributed by atoms with van der Waals surface area (Å²) >= 11 is 0. The Kier molecular flexibility index (Phi) is 14.9. The molecule has 35 heavy (non-hydrogen) atoms. The lowest BCUT2D eigenvalue weighted by atomic mass is 10.0. The van der Waals surface area contributed by atoms with Crippen LogP contribution in [-0.4, -0.2) is 12.6 Å². The normalized spacial score (nSPS) is 11.9. The van der Waals surface area contributed by atoms with E-state index >= 15 is 0 Å². The summed E-state index contributed by atoms with van der Waals surface area (Å²) in [6, 6.07) is 16.6. The van der Waals surface area contributed by atoms with Crippen molar-refractivity contribution in [3.05, 3.63) is 54.1 Å². The molecule has 0 heterocycles. The maximum atomic E-state index is 11.9. The topological polar surface area (TPSA) is 35.5 Å². The van der Waals surface area contributed by atoms with Crippen LogP contribution in [0.4, 0.5) is 0 Å². The van der Waals surface area contributed by atoms with E-state index in [2.05, 4.69) is 50.2 Å². The number of esters is 1. The molecule has 3 heteroatoms. The molecule has 194 valence electrons. The van der Waals surface area contributed by atoms with E-state index in [1.165, 1.54) is 64.2 Å². The van der Waals surface area contributed by atoms with Crippen molar-refractivity contribution in [2.75, 3.05) is 6.61 Å². The predicted molar refractivity (Wildman–Crippen MR) is 148 cm³/mol. The Morgan fingerprint density at radius 2 is 1.14 bits per heavy atom. The molecule has 0 aliphatic heterocycles. The summed E-state index contributed by atoms with van der Waals surface area (Å²) in [7, 11) is 0. The molecule has 0 aliphatic carbocycles. The first-order valence-electron chi connectivity index (χ1n) is 14.2. The van der Waals surface area contributed by atoms with Gasteiger partial charge in [0.1, 0.15) is 11.9 Å². The second-order valence-corrected chi connectivity index (χ2v) is 9.77. The molecular formula is C32H48O3. The number of carbonyl (C=O) groups is 1. The maximum Gasteiger partial charge on any atom is 0.306 e. The van der Waals surface area contributed by atoms with E-state index in [9.17, 15) is 4.79 Å². The monoisotopic (exact) mass is 480 g/mol. The fourth-order valence-electron chi connectivity index (χ4n) is 4.29. The van der Waals surface area contributed by atoms with E-state index in [1.54, 1.807) is 0 Å². The van der Waals surface area contributed by atoms with E-state index in [0.717, 1.165) is 48.3 Å². The first-order chi connectivity index (χ1) is 17.1. The summed E-state index contributed by atoms with van der Waals surface area (Å²) < 4.78 is 11.5. The summed E-state index contributed by atoms with van der Waals surface area (Å²) in [5, 5.41) is 0. The predicted octanol–water partition coefficient (Wildman–Crippen LogP) is 9.84. The molecule has 0 saturated carbocycles. The minimum absolute atomic E-state index is 0.118. The highest BCUT2D eigenvalue weighted by Crippen LogP contribution is 2.26. The first kappa shape index (κ1) is 28.9. The van der Waals surface area contributed by atoms with Gasteiger partial charge in [0.2, 0.25) is 0 Å². The second kappa shape index (κ2) is 18.0. The number of unbranched alkanes of at least 4 members (excludes halogenated alkanes) is 11. The molecule has 0 amide bonds. The minimum Gasteiger partial charge on any atom is -0.494 e. The van der Waals surface area contributed by atoms with Crippen LogP contribution in [0.15, 0.2) is 48.5 Å². The zero-order chi connectivity index (χ0) is 25.1. The number of hydrogen-bond donors (Lipinski definition) is 0. The van der Waals surface area contributed by atoms with E-state index in [0.29, 0.717) is 6.42 Å². The Labute approximate surface area is 214 Å². The van der Waals surface area contributed by atoms with Crippen LogP contribution in [0.2, 0.25) is 0 Å².